The highest BCUT2D eigenvalue weighted by molar-refractivity contribution is 7.89. The second kappa shape index (κ2) is 5.67. The minimum atomic E-state index is -3.28. The second-order valence-corrected chi connectivity index (χ2v) is 7.11. The van der Waals surface area contributed by atoms with Crippen LogP contribution in [0.4, 0.5) is 0 Å². The van der Waals surface area contributed by atoms with E-state index < -0.39 is 10.0 Å². The minimum Gasteiger partial charge on any atom is -0.377 e. The van der Waals surface area contributed by atoms with Crippen molar-refractivity contribution in [3.63, 3.8) is 0 Å². The number of rotatable bonds is 4. The Morgan fingerprint density at radius 3 is 2.83 bits per heavy atom. The number of nitrogens with zero attached hydrogens (tertiary/aromatic N) is 1. The first-order valence-corrected chi connectivity index (χ1v) is 8.26. The summed E-state index contributed by atoms with van der Waals surface area (Å²) in [6, 6.07) is 0. The largest absolute Gasteiger partial charge is 0.377 e. The molecule has 2 atom stereocenters. The van der Waals surface area contributed by atoms with Crippen LogP contribution < -0.4 is 0 Å². The van der Waals surface area contributed by atoms with Crippen LogP contribution >= 0.6 is 0 Å². The van der Waals surface area contributed by atoms with E-state index in [1.54, 1.807) is 0 Å². The lowest BCUT2D eigenvalue weighted by molar-refractivity contribution is -0.125. The van der Waals surface area contributed by atoms with Gasteiger partial charge in [-0.05, 0) is 19.3 Å². The summed E-state index contributed by atoms with van der Waals surface area (Å²) in [7, 11) is -3.28. The Balaban J connectivity index is 1.98. The Labute approximate surface area is 109 Å². The zero-order valence-corrected chi connectivity index (χ0v) is 11.6. The van der Waals surface area contributed by atoms with Gasteiger partial charge in [-0.15, -0.1) is 0 Å². The summed E-state index contributed by atoms with van der Waals surface area (Å²) < 4.78 is 31.3. The minimum absolute atomic E-state index is 0.0671. The molecule has 0 aromatic carbocycles. The van der Waals surface area contributed by atoms with Crippen molar-refractivity contribution < 1.29 is 17.9 Å². The van der Waals surface area contributed by atoms with E-state index in [-0.39, 0.29) is 23.6 Å². The first kappa shape index (κ1) is 14.0. The van der Waals surface area contributed by atoms with E-state index in [4.69, 9.17) is 4.74 Å². The number of hydrogen-bond donors (Lipinski definition) is 0. The summed E-state index contributed by atoms with van der Waals surface area (Å²) in [5, 5.41) is 0. The maximum absolute atomic E-state index is 12.2. The van der Waals surface area contributed by atoms with Crippen LogP contribution in [0.5, 0.6) is 0 Å². The molecule has 0 aromatic heterocycles. The molecule has 2 aliphatic rings. The lowest BCUT2D eigenvalue weighted by atomic mass is 9.96. The molecule has 18 heavy (non-hydrogen) atoms. The number of carbonyl (C=O) groups excluding carboxylic acids is 1. The van der Waals surface area contributed by atoms with E-state index in [0.717, 1.165) is 12.8 Å². The van der Waals surface area contributed by atoms with Gasteiger partial charge in [-0.25, -0.2) is 12.7 Å². The summed E-state index contributed by atoms with van der Waals surface area (Å²) in [4.78, 5) is 11.6. The van der Waals surface area contributed by atoms with Crippen molar-refractivity contribution in [3.05, 3.63) is 0 Å². The van der Waals surface area contributed by atoms with Crippen molar-refractivity contribution in [1.82, 2.24) is 4.31 Å². The van der Waals surface area contributed by atoms with E-state index in [1.165, 1.54) is 4.31 Å². The Hall–Kier alpha value is -0.460. The molecule has 0 spiro atoms. The number of hydrogen-bond acceptors (Lipinski definition) is 4. The SMILES string of the molecule is CCC1CN(S(=O)(=O)CC2CCCO2)CCC1=O. The molecule has 0 aromatic rings. The average molecular weight is 275 g/mol. The van der Waals surface area contributed by atoms with Crippen molar-refractivity contribution in [2.75, 3.05) is 25.4 Å². The van der Waals surface area contributed by atoms with E-state index >= 15 is 0 Å². The molecular formula is C12H21NO4S. The zero-order valence-electron chi connectivity index (χ0n) is 10.8. The molecule has 0 aliphatic carbocycles. The Morgan fingerprint density at radius 1 is 1.44 bits per heavy atom. The molecule has 2 saturated heterocycles. The zero-order chi connectivity index (χ0) is 13.2. The predicted molar refractivity (Wildman–Crippen MR) is 67.7 cm³/mol. The number of carbonyl (C=O) groups is 1. The monoisotopic (exact) mass is 275 g/mol. The molecule has 2 unspecified atom stereocenters. The average Bonchev–Trinajstić information content (AvgIpc) is 2.81. The van der Waals surface area contributed by atoms with Crippen LogP contribution in [0, 0.1) is 5.92 Å². The van der Waals surface area contributed by atoms with Gasteiger partial charge in [-0.1, -0.05) is 6.92 Å². The summed E-state index contributed by atoms with van der Waals surface area (Å²) in [5.74, 6) is 0.136. The Morgan fingerprint density at radius 2 is 2.22 bits per heavy atom. The second-order valence-electron chi connectivity index (χ2n) is 5.09. The maximum Gasteiger partial charge on any atom is 0.216 e. The fourth-order valence-electron chi connectivity index (χ4n) is 2.60. The van der Waals surface area contributed by atoms with Crippen LogP contribution in [0.25, 0.3) is 0 Å². The van der Waals surface area contributed by atoms with Gasteiger partial charge in [0.05, 0.1) is 11.9 Å². The topological polar surface area (TPSA) is 63.7 Å². The lowest BCUT2D eigenvalue weighted by Crippen LogP contribution is -2.46. The standard InChI is InChI=1S/C12H21NO4S/c1-2-10-8-13(6-5-12(10)14)18(15,16)9-11-4-3-7-17-11/h10-11H,2-9H2,1H3. The molecule has 2 fully saturated rings. The van der Waals surface area contributed by atoms with Crippen molar-refractivity contribution >= 4 is 15.8 Å². The van der Waals surface area contributed by atoms with Crippen LogP contribution in [0.15, 0.2) is 0 Å². The van der Waals surface area contributed by atoms with Gasteiger partial charge < -0.3 is 4.74 Å². The molecule has 2 rings (SSSR count). The number of piperidine rings is 1. The number of Topliss-reactive ketones (excluding diaryl/α,β-unsaturated/α-hetero) is 1. The third-order valence-electron chi connectivity index (χ3n) is 3.79. The number of ether oxygens (including phenoxy) is 1. The van der Waals surface area contributed by atoms with Gasteiger partial charge in [-0.2, -0.15) is 0 Å². The molecule has 0 radical (unpaired) electrons. The van der Waals surface area contributed by atoms with Crippen molar-refractivity contribution in [2.24, 2.45) is 5.92 Å². The van der Waals surface area contributed by atoms with Gasteiger partial charge in [0.2, 0.25) is 10.0 Å². The quantitative estimate of drug-likeness (QED) is 0.761. The van der Waals surface area contributed by atoms with Crippen LogP contribution in [-0.2, 0) is 19.6 Å². The van der Waals surface area contributed by atoms with Crippen LogP contribution in [0.1, 0.15) is 32.6 Å². The molecule has 0 N–H and O–H groups in total. The van der Waals surface area contributed by atoms with Gasteiger partial charge >= 0.3 is 0 Å². The summed E-state index contributed by atoms with van der Waals surface area (Å²) in [6.45, 7) is 3.28. The van der Waals surface area contributed by atoms with Gasteiger partial charge in [0.15, 0.2) is 0 Å². The molecule has 104 valence electrons. The highest BCUT2D eigenvalue weighted by Crippen LogP contribution is 2.21. The van der Waals surface area contributed by atoms with E-state index in [1.807, 2.05) is 6.92 Å². The highest BCUT2D eigenvalue weighted by Gasteiger charge is 2.34. The van der Waals surface area contributed by atoms with E-state index in [9.17, 15) is 13.2 Å². The molecular weight excluding hydrogens is 254 g/mol. The maximum atomic E-state index is 12.2. The van der Waals surface area contributed by atoms with Crippen molar-refractivity contribution in [2.45, 2.75) is 38.7 Å². The fraction of sp³-hybridized carbons (Fsp3) is 0.917. The molecule has 0 bridgehead atoms. The predicted octanol–water partition coefficient (Wildman–Crippen LogP) is 0.796. The Bertz CT molecular complexity index is 400. The number of sulfonamides is 1. The molecule has 5 nitrogen and oxygen atoms in total. The smallest absolute Gasteiger partial charge is 0.216 e. The Kier molecular flexibility index (Phi) is 4.40. The van der Waals surface area contributed by atoms with Gasteiger partial charge in [0.1, 0.15) is 5.78 Å². The first-order valence-electron chi connectivity index (χ1n) is 6.65. The van der Waals surface area contributed by atoms with Crippen molar-refractivity contribution in [3.8, 4) is 0 Å². The number of ketones is 1. The lowest BCUT2D eigenvalue weighted by Gasteiger charge is -2.31. The summed E-state index contributed by atoms with van der Waals surface area (Å²) in [6.07, 6.45) is 2.67. The third kappa shape index (κ3) is 3.10. The van der Waals surface area contributed by atoms with Crippen LogP contribution in [0.3, 0.4) is 0 Å². The third-order valence-corrected chi connectivity index (χ3v) is 5.71. The molecule has 2 heterocycles. The van der Waals surface area contributed by atoms with Gasteiger partial charge in [0.25, 0.3) is 0 Å². The molecule has 0 saturated carbocycles. The van der Waals surface area contributed by atoms with Gasteiger partial charge in [-0.3, -0.25) is 4.79 Å². The highest BCUT2D eigenvalue weighted by atomic mass is 32.2. The summed E-state index contributed by atoms with van der Waals surface area (Å²) in [5.41, 5.74) is 0. The van der Waals surface area contributed by atoms with Crippen molar-refractivity contribution in [1.29, 1.82) is 0 Å². The van der Waals surface area contributed by atoms with Crippen LogP contribution in [-0.4, -0.2) is 50.1 Å². The molecule has 2 aliphatic heterocycles. The van der Waals surface area contributed by atoms with Crippen LogP contribution in [0.2, 0.25) is 0 Å². The first-order chi connectivity index (χ1) is 8.53. The van der Waals surface area contributed by atoms with E-state index in [0.29, 0.717) is 32.5 Å². The molecule has 0 amide bonds. The fourth-order valence-corrected chi connectivity index (χ4v) is 4.32. The molecule has 6 heteroatoms. The van der Waals surface area contributed by atoms with E-state index in [2.05, 4.69) is 0 Å². The normalized spacial score (nSPS) is 30.8. The summed E-state index contributed by atoms with van der Waals surface area (Å²) >= 11 is 0. The van der Waals surface area contributed by atoms with Gasteiger partial charge in [0, 0.05) is 32.0 Å².